The maximum absolute atomic E-state index is 13.0. The third-order valence-electron chi connectivity index (χ3n) is 2.18. The van der Waals surface area contributed by atoms with Crippen LogP contribution in [0, 0.1) is 5.82 Å². The van der Waals surface area contributed by atoms with E-state index < -0.39 is 17.6 Å². The predicted octanol–water partition coefficient (Wildman–Crippen LogP) is 1.55. The second-order valence-electron chi connectivity index (χ2n) is 3.54. The molecule has 1 aromatic rings. The van der Waals surface area contributed by atoms with Crippen molar-refractivity contribution in [3.63, 3.8) is 0 Å². The van der Waals surface area contributed by atoms with Gasteiger partial charge < -0.3 is 16.2 Å². The number of aromatic hydroxyl groups is 1. The molecule has 0 unspecified atom stereocenters. The zero-order valence-corrected chi connectivity index (χ0v) is 10.3. The van der Waals surface area contributed by atoms with Gasteiger partial charge in [-0.2, -0.15) is 11.8 Å². The van der Waals surface area contributed by atoms with E-state index in [1.165, 1.54) is 12.1 Å². The molecule has 1 atom stereocenters. The highest BCUT2D eigenvalue weighted by atomic mass is 32.2. The molecule has 1 amide bonds. The molecule has 0 aliphatic rings. The van der Waals surface area contributed by atoms with Gasteiger partial charge in [0.05, 0.1) is 6.04 Å². The summed E-state index contributed by atoms with van der Waals surface area (Å²) in [5.74, 6) is -0.794. The Morgan fingerprint density at radius 1 is 1.65 bits per heavy atom. The zero-order chi connectivity index (χ0) is 12.8. The van der Waals surface area contributed by atoms with Crippen LogP contribution in [0.25, 0.3) is 0 Å². The molecule has 6 heteroatoms. The van der Waals surface area contributed by atoms with Crippen LogP contribution in [0.4, 0.5) is 10.1 Å². The lowest BCUT2D eigenvalue weighted by atomic mass is 10.2. The topological polar surface area (TPSA) is 75.4 Å². The Balaban J connectivity index is 2.58. The smallest absolute Gasteiger partial charge is 0.241 e. The summed E-state index contributed by atoms with van der Waals surface area (Å²) >= 11 is 1.61. The van der Waals surface area contributed by atoms with E-state index in [4.69, 9.17) is 10.8 Å². The van der Waals surface area contributed by atoms with Crippen LogP contribution in [0.1, 0.15) is 6.42 Å². The van der Waals surface area contributed by atoms with E-state index in [2.05, 4.69) is 5.32 Å². The third kappa shape index (κ3) is 4.24. The number of phenolic OH excluding ortho intramolecular Hbond substituents is 1. The second kappa shape index (κ2) is 6.46. The van der Waals surface area contributed by atoms with Crippen LogP contribution in [-0.2, 0) is 4.79 Å². The van der Waals surface area contributed by atoms with Crippen LogP contribution in [0.2, 0.25) is 0 Å². The first-order valence-electron chi connectivity index (χ1n) is 5.08. The maximum atomic E-state index is 13.0. The van der Waals surface area contributed by atoms with Crippen molar-refractivity contribution in [2.24, 2.45) is 5.73 Å². The third-order valence-corrected chi connectivity index (χ3v) is 2.83. The number of thioether (sulfide) groups is 1. The lowest BCUT2D eigenvalue weighted by Crippen LogP contribution is -2.36. The van der Waals surface area contributed by atoms with Gasteiger partial charge in [-0.3, -0.25) is 4.79 Å². The molecular weight excluding hydrogens is 243 g/mol. The van der Waals surface area contributed by atoms with Gasteiger partial charge in [0.25, 0.3) is 0 Å². The van der Waals surface area contributed by atoms with Gasteiger partial charge in [0.2, 0.25) is 5.91 Å². The molecular formula is C11H15FN2O2S. The van der Waals surface area contributed by atoms with Crippen LogP contribution in [0.3, 0.4) is 0 Å². The van der Waals surface area contributed by atoms with Gasteiger partial charge >= 0.3 is 0 Å². The lowest BCUT2D eigenvalue weighted by Gasteiger charge is -2.11. The number of nitrogens with one attached hydrogen (secondary N) is 1. The van der Waals surface area contributed by atoms with E-state index in [1.54, 1.807) is 11.8 Å². The van der Waals surface area contributed by atoms with Gasteiger partial charge in [-0.15, -0.1) is 0 Å². The Kier molecular flexibility index (Phi) is 5.24. The fourth-order valence-electron chi connectivity index (χ4n) is 1.20. The van der Waals surface area contributed by atoms with Crippen molar-refractivity contribution in [3.05, 3.63) is 24.0 Å². The van der Waals surface area contributed by atoms with Crippen LogP contribution < -0.4 is 11.1 Å². The Morgan fingerprint density at radius 2 is 2.35 bits per heavy atom. The van der Waals surface area contributed by atoms with Crippen molar-refractivity contribution in [1.29, 1.82) is 0 Å². The molecule has 0 aromatic heterocycles. The standard InChI is InChI=1S/C11H15FN2O2S/c1-17-5-4-9(13)11(16)14-7-2-3-10(15)8(12)6-7/h2-3,6,9,15H,4-5,13H2,1H3,(H,14,16)/t9-/m1/s1. The van der Waals surface area contributed by atoms with E-state index in [1.807, 2.05) is 6.26 Å². The Hall–Kier alpha value is -1.27. The second-order valence-corrected chi connectivity index (χ2v) is 4.53. The summed E-state index contributed by atoms with van der Waals surface area (Å²) in [6, 6.07) is 3.03. The minimum atomic E-state index is -0.777. The molecule has 0 spiro atoms. The van der Waals surface area contributed by atoms with Crippen LogP contribution in [0.5, 0.6) is 5.75 Å². The molecule has 1 aromatic carbocycles. The van der Waals surface area contributed by atoms with Crippen LogP contribution in [0.15, 0.2) is 18.2 Å². The van der Waals surface area contributed by atoms with E-state index >= 15 is 0 Å². The number of rotatable bonds is 5. The number of benzene rings is 1. The summed E-state index contributed by atoms with van der Waals surface area (Å²) < 4.78 is 13.0. The molecule has 0 saturated heterocycles. The number of phenols is 1. The highest BCUT2D eigenvalue weighted by Gasteiger charge is 2.13. The van der Waals surface area contributed by atoms with Crippen molar-refractivity contribution in [3.8, 4) is 5.75 Å². The molecule has 0 aliphatic heterocycles. The predicted molar refractivity (Wildman–Crippen MR) is 67.7 cm³/mol. The van der Waals surface area contributed by atoms with E-state index in [0.29, 0.717) is 6.42 Å². The quantitative estimate of drug-likeness (QED) is 0.700. The summed E-state index contributed by atoms with van der Waals surface area (Å²) in [7, 11) is 0. The Labute approximate surface area is 103 Å². The number of hydrogen-bond donors (Lipinski definition) is 3. The molecule has 94 valence electrons. The average Bonchev–Trinajstić information content (AvgIpc) is 2.30. The normalized spacial score (nSPS) is 12.2. The maximum Gasteiger partial charge on any atom is 0.241 e. The fraction of sp³-hybridized carbons (Fsp3) is 0.364. The van der Waals surface area contributed by atoms with Crippen molar-refractivity contribution >= 4 is 23.4 Å². The number of nitrogens with two attached hydrogens (primary N) is 1. The Bertz CT molecular complexity index is 401. The van der Waals surface area contributed by atoms with Gasteiger partial charge in [-0.1, -0.05) is 0 Å². The molecule has 0 bridgehead atoms. The number of hydrogen-bond acceptors (Lipinski definition) is 4. The fourth-order valence-corrected chi connectivity index (χ4v) is 1.69. The molecule has 4 N–H and O–H groups in total. The summed E-state index contributed by atoms with van der Waals surface area (Å²) in [5, 5.41) is 11.5. The van der Waals surface area contributed by atoms with Gasteiger partial charge in [0, 0.05) is 11.8 Å². The summed E-state index contributed by atoms with van der Waals surface area (Å²) in [6.07, 6.45) is 2.49. The average molecular weight is 258 g/mol. The Morgan fingerprint density at radius 3 is 2.94 bits per heavy atom. The molecule has 0 aliphatic carbocycles. The molecule has 17 heavy (non-hydrogen) atoms. The molecule has 0 saturated carbocycles. The molecule has 0 heterocycles. The number of carbonyl (C=O) groups excluding carboxylic acids is 1. The van der Waals surface area contributed by atoms with Crippen molar-refractivity contribution < 1.29 is 14.3 Å². The first-order chi connectivity index (χ1) is 8.04. The molecule has 1 rings (SSSR count). The molecule has 4 nitrogen and oxygen atoms in total. The largest absolute Gasteiger partial charge is 0.505 e. The molecule has 0 radical (unpaired) electrons. The highest BCUT2D eigenvalue weighted by molar-refractivity contribution is 7.98. The lowest BCUT2D eigenvalue weighted by molar-refractivity contribution is -0.117. The highest BCUT2D eigenvalue weighted by Crippen LogP contribution is 2.19. The van der Waals surface area contributed by atoms with Crippen LogP contribution in [-0.4, -0.2) is 29.1 Å². The number of carbonyl (C=O) groups is 1. The van der Waals surface area contributed by atoms with E-state index in [9.17, 15) is 9.18 Å². The van der Waals surface area contributed by atoms with Gasteiger partial charge in [-0.25, -0.2) is 4.39 Å². The van der Waals surface area contributed by atoms with Crippen LogP contribution >= 0.6 is 11.8 Å². The van der Waals surface area contributed by atoms with Gasteiger partial charge in [0.1, 0.15) is 0 Å². The summed E-state index contributed by atoms with van der Waals surface area (Å²) in [6.45, 7) is 0. The number of anilines is 1. The van der Waals surface area contributed by atoms with Gasteiger partial charge in [0.15, 0.2) is 11.6 Å². The minimum absolute atomic E-state index is 0.282. The number of amides is 1. The van der Waals surface area contributed by atoms with E-state index in [0.717, 1.165) is 11.8 Å². The monoisotopic (exact) mass is 258 g/mol. The first-order valence-corrected chi connectivity index (χ1v) is 6.48. The van der Waals surface area contributed by atoms with Crippen molar-refractivity contribution in [2.45, 2.75) is 12.5 Å². The van der Waals surface area contributed by atoms with Crippen molar-refractivity contribution in [2.75, 3.05) is 17.3 Å². The van der Waals surface area contributed by atoms with Crippen molar-refractivity contribution in [1.82, 2.24) is 0 Å². The molecule has 0 fully saturated rings. The SMILES string of the molecule is CSCC[C@@H](N)C(=O)Nc1ccc(O)c(F)c1. The zero-order valence-electron chi connectivity index (χ0n) is 9.44. The van der Waals surface area contributed by atoms with E-state index in [-0.39, 0.29) is 11.6 Å². The number of halogens is 1. The van der Waals surface area contributed by atoms with Gasteiger partial charge in [-0.05, 0) is 30.6 Å². The first kappa shape index (κ1) is 13.8. The minimum Gasteiger partial charge on any atom is -0.505 e. The summed E-state index contributed by atoms with van der Waals surface area (Å²) in [5.41, 5.74) is 5.93. The summed E-state index contributed by atoms with van der Waals surface area (Å²) in [4.78, 5) is 11.6.